The van der Waals surface area contributed by atoms with Crippen LogP contribution in [0.3, 0.4) is 0 Å². The molecule has 0 heterocycles. The zero-order valence-corrected chi connectivity index (χ0v) is 88.0. The van der Waals surface area contributed by atoms with E-state index in [0.29, 0.717) is 441 Å². The second-order valence-electron chi connectivity index (χ2n) is 30.1. The monoisotopic (exact) mass is 2120 g/mol. The van der Waals surface area contributed by atoms with Gasteiger partial charge in [-0.05, 0) is 46.7 Å². The van der Waals surface area contributed by atoms with E-state index < -0.39 is 11.2 Å². The molecule has 147 heavy (non-hydrogen) atoms. The lowest BCUT2D eigenvalue weighted by atomic mass is 9.93. The summed E-state index contributed by atoms with van der Waals surface area (Å²) in [6.45, 7) is 38.1. The van der Waals surface area contributed by atoms with E-state index >= 15 is 0 Å². The minimum Gasteiger partial charge on any atom is -0.459 e. The predicted octanol–water partition coefficient (Wildman–Crippen LogP) is 8.70. The van der Waals surface area contributed by atoms with Gasteiger partial charge in [-0.15, -0.1) is 0 Å². The minimum atomic E-state index is -0.745. The number of nitrogens with zero attached hydrogens (tertiary/aromatic N) is 2. The maximum Gasteiger partial charge on any atom is 0.349 e. The van der Waals surface area contributed by atoms with Crippen molar-refractivity contribution in [1.82, 2.24) is 0 Å². The van der Waals surface area contributed by atoms with E-state index in [2.05, 4.69) is 13.8 Å². The van der Waals surface area contributed by atoms with Crippen molar-refractivity contribution in [3.8, 4) is 12.1 Å². The van der Waals surface area contributed by atoms with Gasteiger partial charge in [-0.2, -0.15) is 10.5 Å². The Kier molecular flexibility index (Phi) is 107. The smallest absolute Gasteiger partial charge is 0.349 e. The molecule has 4 aromatic rings. The molecule has 0 aromatic heterocycles. The van der Waals surface area contributed by atoms with E-state index in [0.717, 1.165) is 48.3 Å². The van der Waals surface area contributed by atoms with Gasteiger partial charge < -0.3 is 171 Å². The van der Waals surface area contributed by atoms with Gasteiger partial charge in [0.25, 0.3) is 5.24 Å². The summed E-state index contributed by atoms with van der Waals surface area (Å²) in [6.07, 6.45) is 2.04. The molecule has 1 N–H and O–H groups in total. The van der Waals surface area contributed by atoms with E-state index in [4.69, 9.17) is 182 Å². The fraction of sp³-hybridized carbons (Fsp3) is 0.698. The number of aliphatic hydroxyl groups is 1. The molecule has 0 radical (unpaired) electrons. The van der Waals surface area contributed by atoms with Gasteiger partial charge in [0.1, 0.15) is 29.9 Å². The summed E-state index contributed by atoms with van der Waals surface area (Å²) in [5.41, 5.74) is 4.07. The van der Waals surface area contributed by atoms with Crippen LogP contribution < -0.4 is 0 Å². The van der Waals surface area contributed by atoms with Crippen LogP contribution in [0.1, 0.15) is 48.9 Å². The molecule has 0 fully saturated rings. The maximum atomic E-state index is 12.8. The molecule has 4 aromatic carbocycles. The molecule has 0 amide bonds. The topological polar surface area (TPSA) is 425 Å². The van der Waals surface area contributed by atoms with Crippen molar-refractivity contribution in [2.24, 2.45) is 0 Å². The third-order valence-corrected chi connectivity index (χ3v) is 18.9. The summed E-state index contributed by atoms with van der Waals surface area (Å²) < 4.78 is 191. The highest BCUT2D eigenvalue weighted by atomic mass is 35.5. The lowest BCUT2D eigenvalue weighted by Crippen LogP contribution is -2.16. The van der Waals surface area contributed by atoms with Crippen LogP contribution in [0.25, 0.3) is 11.1 Å². The van der Waals surface area contributed by atoms with Crippen molar-refractivity contribution in [2.45, 2.75) is 26.7 Å². The van der Waals surface area contributed by atoms with Crippen LogP contribution in [0.4, 0.5) is 0 Å². The molecule has 0 aliphatic rings. The normalized spacial score (nSPS) is 11.2. The van der Waals surface area contributed by atoms with E-state index in [1.165, 1.54) is 0 Å². The first-order chi connectivity index (χ1) is 72.9. The Morgan fingerprint density at radius 3 is 0.442 bits per heavy atom. The molecule has 0 saturated heterocycles. The van der Waals surface area contributed by atoms with Crippen LogP contribution in [-0.2, 0) is 175 Å². The summed E-state index contributed by atoms with van der Waals surface area (Å²) in [7, 11) is 0. The first kappa shape index (κ1) is 136. The molecular formula is C106H171ClN2O38. The van der Waals surface area contributed by atoms with Gasteiger partial charge in [0, 0.05) is 24.4 Å². The van der Waals surface area contributed by atoms with E-state index in [1.54, 1.807) is 0 Å². The van der Waals surface area contributed by atoms with Crippen molar-refractivity contribution in [2.75, 3.05) is 462 Å². The Morgan fingerprint density at radius 1 is 0.197 bits per heavy atom. The Hall–Kier alpha value is -6.63. The average Bonchev–Trinajstić information content (AvgIpc) is 0.819. The molecule has 0 unspecified atom stereocenters. The van der Waals surface area contributed by atoms with E-state index in [1.807, 2.05) is 133 Å². The number of halogens is 1. The van der Waals surface area contributed by atoms with Crippen LogP contribution >= 0.6 is 11.6 Å². The molecule has 0 aliphatic carbocycles. The Labute approximate surface area is 876 Å². The molecule has 41 heteroatoms. The van der Waals surface area contributed by atoms with Gasteiger partial charge in [0.05, 0.1) is 443 Å². The quantitative estimate of drug-likeness (QED) is 0.0142. The summed E-state index contributed by atoms with van der Waals surface area (Å²) >= 11 is 5.52. The third kappa shape index (κ3) is 92.8. The summed E-state index contributed by atoms with van der Waals surface area (Å²) in [5.74, 6) is -0.698. The Balaban J connectivity index is 0.000000860. The molecule has 0 spiro atoms. The fourth-order valence-electron chi connectivity index (χ4n) is 11.6. The van der Waals surface area contributed by atoms with E-state index in [9.17, 15) is 20.1 Å². The largest absolute Gasteiger partial charge is 0.459 e. The van der Waals surface area contributed by atoms with Crippen LogP contribution in [0.5, 0.6) is 0 Å². The van der Waals surface area contributed by atoms with Crippen LogP contribution in [0.2, 0.25) is 0 Å². The number of esters is 1. The van der Waals surface area contributed by atoms with Gasteiger partial charge in [-0.25, -0.2) is 4.79 Å². The lowest BCUT2D eigenvalue weighted by Gasteiger charge is -2.12. The summed E-state index contributed by atoms with van der Waals surface area (Å²) in [4.78, 5) is 24.3. The molecule has 0 bridgehead atoms. The average molecular weight is 2120 g/mol. The molecule has 40 nitrogen and oxygen atoms in total. The molecule has 4 rings (SSSR count). The lowest BCUT2D eigenvalue weighted by molar-refractivity contribution is -0.140. The van der Waals surface area contributed by atoms with Crippen LogP contribution in [0, 0.1) is 22.7 Å². The number of carbonyl (C=O) groups excluding carboxylic acids is 2. The van der Waals surface area contributed by atoms with Gasteiger partial charge in [0.15, 0.2) is 0 Å². The van der Waals surface area contributed by atoms with Crippen molar-refractivity contribution >= 4 is 34.0 Å². The van der Waals surface area contributed by atoms with Gasteiger partial charge in [-0.3, -0.25) is 4.79 Å². The Morgan fingerprint density at radius 2 is 0.320 bits per heavy atom. The SMILES string of the molecule is CCCOCCOCCOCCOCCOCCOCCOCCOCCOCCOCCOCCOCCOCCOCCOCCOCCOCCO.CCCOCCOCCOCCOCCOCCOCCOCCOCCOCCOCCOCCOCCOCCOCCOCCOCCOCCOC(=O)C(C#N)=C(c1ccccc1)c1ccccc1.N#CC(C(=O)Cl)=C(c1ccccc1)c1ccccc1. The zero-order chi connectivity index (χ0) is 105. The third-order valence-electron chi connectivity index (χ3n) is 18.7. The zero-order valence-electron chi connectivity index (χ0n) is 87.3. The van der Waals surface area contributed by atoms with Gasteiger partial charge in [0.2, 0.25) is 0 Å². The number of allylic oxidation sites excluding steroid dienone is 1. The van der Waals surface area contributed by atoms with Crippen LogP contribution in [0.15, 0.2) is 132 Å². The highest BCUT2D eigenvalue weighted by Gasteiger charge is 2.21. The van der Waals surface area contributed by atoms with Crippen molar-refractivity contribution in [3.63, 3.8) is 0 Å². The standard InChI is InChI=1S/C53H85NO19.C37H76O18.C16H10ClNO/c1-2-13-56-14-15-57-16-17-58-18-19-59-20-21-60-22-23-61-24-25-62-26-27-63-28-29-64-30-31-65-32-33-66-34-35-67-36-37-68-38-39-69-40-41-70-42-43-71-44-45-72-46-47-73-53(55)51(48-54)52(49-9-5-3-6-10-49)50-11-7-4-8-12-50;1-2-4-39-6-8-41-10-12-43-14-16-45-18-20-47-22-24-49-26-28-51-30-32-53-34-36-55-37-35-54-33-31-52-29-27-50-25-23-48-21-19-46-17-15-44-13-11-42-9-7-40-5-3-38;17-16(19)14(11-18)15(12-7-3-1-4-8-12)13-9-5-2-6-10-13/h3-12H,2,13-47H2,1H3;38H,2-37H2,1H3;1-10H. The molecule has 0 saturated carbocycles. The van der Waals surface area contributed by atoms with Gasteiger partial charge >= 0.3 is 5.97 Å². The predicted molar refractivity (Wildman–Crippen MR) is 546 cm³/mol. The number of nitriles is 2. The summed E-state index contributed by atoms with van der Waals surface area (Å²) in [6, 6.07) is 41.1. The van der Waals surface area contributed by atoms with Crippen molar-refractivity contribution < 1.29 is 180 Å². The highest BCUT2D eigenvalue weighted by Crippen LogP contribution is 2.29. The number of hydrogen-bond donors (Lipinski definition) is 1. The van der Waals surface area contributed by atoms with E-state index in [-0.39, 0.29) is 31.0 Å². The number of ether oxygens (including phenoxy) is 35. The first-order valence-corrected chi connectivity index (χ1v) is 51.4. The Bertz CT molecular complexity index is 3420. The maximum absolute atomic E-state index is 12.8. The first-order valence-electron chi connectivity index (χ1n) is 51.0. The molecule has 840 valence electrons. The fourth-order valence-corrected chi connectivity index (χ4v) is 11.7. The molecular weight excluding hydrogens is 1940 g/mol. The molecule has 0 aliphatic heterocycles. The number of benzene rings is 4. The van der Waals surface area contributed by atoms with Crippen molar-refractivity contribution in [1.29, 1.82) is 10.5 Å². The molecule has 0 atom stereocenters. The van der Waals surface area contributed by atoms with Crippen molar-refractivity contribution in [3.05, 3.63) is 155 Å². The minimum absolute atomic E-state index is 0.00896. The number of hydrogen-bond acceptors (Lipinski definition) is 40. The van der Waals surface area contributed by atoms with Crippen LogP contribution in [-0.4, -0.2) is 479 Å². The highest BCUT2D eigenvalue weighted by molar-refractivity contribution is 6.69. The summed E-state index contributed by atoms with van der Waals surface area (Å²) in [5, 5.41) is 26.9. The number of carbonyl (C=O) groups is 2. The second kappa shape index (κ2) is 115. The number of rotatable bonds is 111. The van der Waals surface area contributed by atoms with Gasteiger partial charge in [-0.1, -0.05) is 135 Å². The number of aliphatic hydroxyl groups excluding tert-OH is 1. The second-order valence-corrected chi connectivity index (χ2v) is 30.5.